The van der Waals surface area contributed by atoms with Gasteiger partial charge in [-0.2, -0.15) is 0 Å². The molecule has 0 spiro atoms. The van der Waals surface area contributed by atoms with Gasteiger partial charge >= 0.3 is 0 Å². The Hall–Kier alpha value is -3.73. The molecule has 5 nitrogen and oxygen atoms in total. The van der Waals surface area contributed by atoms with E-state index >= 15 is 0 Å². The molecule has 0 saturated carbocycles. The number of hydrogen-bond donors (Lipinski definition) is 1. The molecule has 1 fully saturated rings. The number of carbonyl (C=O) groups excluding carboxylic acids is 2. The van der Waals surface area contributed by atoms with Gasteiger partial charge in [-0.25, -0.2) is 0 Å². The number of hydrogen-bond acceptors (Lipinski definition) is 3. The Morgan fingerprint density at radius 2 is 1.72 bits per heavy atom. The largest absolute Gasteiger partial charge is 0.359 e. The van der Waals surface area contributed by atoms with Crippen LogP contribution in [0.5, 0.6) is 0 Å². The van der Waals surface area contributed by atoms with Crippen molar-refractivity contribution in [2.75, 3.05) is 20.1 Å². The minimum absolute atomic E-state index is 0.0304. The van der Waals surface area contributed by atoms with E-state index in [4.69, 9.17) is 0 Å². The first-order valence-electron chi connectivity index (χ1n) is 11.0. The fourth-order valence-corrected chi connectivity index (χ4v) is 4.78. The molecule has 1 atom stereocenters. The second kappa shape index (κ2) is 8.42. The zero-order valence-corrected chi connectivity index (χ0v) is 18.0. The fraction of sp³-hybridized carbons (Fsp3) is 0.222. The van der Waals surface area contributed by atoms with Crippen molar-refractivity contribution < 1.29 is 9.59 Å². The number of fused-ring (bicyclic) bond motifs is 2. The zero-order chi connectivity index (χ0) is 22.1. The molecule has 0 aliphatic carbocycles. The van der Waals surface area contributed by atoms with Crippen molar-refractivity contribution in [3.8, 4) is 11.1 Å². The summed E-state index contributed by atoms with van der Waals surface area (Å²) in [7, 11) is 1.65. The van der Waals surface area contributed by atoms with Crippen molar-refractivity contribution in [1.29, 1.82) is 0 Å². The Kier molecular flexibility index (Phi) is 5.31. The minimum atomic E-state index is 0.0304. The van der Waals surface area contributed by atoms with Gasteiger partial charge in [-0.1, -0.05) is 54.6 Å². The van der Waals surface area contributed by atoms with Crippen LogP contribution in [0.1, 0.15) is 23.2 Å². The Labute approximate surface area is 187 Å². The van der Waals surface area contributed by atoms with Gasteiger partial charge in [0.1, 0.15) is 0 Å². The molecule has 1 saturated heterocycles. The van der Waals surface area contributed by atoms with Crippen LogP contribution in [-0.2, 0) is 4.79 Å². The van der Waals surface area contributed by atoms with E-state index in [2.05, 4.69) is 34.6 Å². The zero-order valence-electron chi connectivity index (χ0n) is 18.0. The topological polar surface area (TPSA) is 62.3 Å². The Balaban J connectivity index is 1.53. The molecule has 0 bridgehead atoms. The maximum atomic E-state index is 13.4. The summed E-state index contributed by atoms with van der Waals surface area (Å²) in [6.07, 6.45) is 5.10. The standard InChI is InChI=1S/C27H25N3O2/c1-28-26(31)14-18-12-13-30(17-18)27(32)24-11-5-8-21-22(24)9-4-10-23(21)25-16-29-15-19-6-2-3-7-20(19)25/h2-11,15-16,18H,12-14,17H2,1H3,(H,28,31). The first-order valence-corrected chi connectivity index (χ1v) is 11.0. The first kappa shape index (κ1) is 20.2. The molecule has 160 valence electrons. The van der Waals surface area contributed by atoms with Crippen LogP contribution in [0, 0.1) is 5.92 Å². The van der Waals surface area contributed by atoms with Crippen molar-refractivity contribution in [2.24, 2.45) is 5.92 Å². The van der Waals surface area contributed by atoms with Crippen molar-refractivity contribution in [3.05, 3.63) is 78.6 Å². The predicted molar refractivity (Wildman–Crippen MR) is 127 cm³/mol. The number of pyridine rings is 1. The summed E-state index contributed by atoms with van der Waals surface area (Å²) >= 11 is 0. The molecule has 1 aromatic heterocycles. The number of nitrogens with zero attached hydrogens (tertiary/aromatic N) is 2. The second-order valence-corrected chi connectivity index (χ2v) is 8.40. The molecular formula is C27H25N3O2. The summed E-state index contributed by atoms with van der Waals surface area (Å²) in [4.78, 5) is 31.5. The van der Waals surface area contributed by atoms with Crippen molar-refractivity contribution >= 4 is 33.4 Å². The van der Waals surface area contributed by atoms with Gasteiger partial charge in [0.25, 0.3) is 5.91 Å². The molecule has 1 N–H and O–H groups in total. The number of rotatable bonds is 4. The molecule has 0 radical (unpaired) electrons. The van der Waals surface area contributed by atoms with Gasteiger partial charge < -0.3 is 10.2 Å². The summed E-state index contributed by atoms with van der Waals surface area (Å²) < 4.78 is 0. The quantitative estimate of drug-likeness (QED) is 0.520. The molecular weight excluding hydrogens is 398 g/mol. The molecule has 2 amide bonds. The van der Waals surface area contributed by atoms with Crippen LogP contribution in [-0.4, -0.2) is 41.8 Å². The van der Waals surface area contributed by atoms with E-state index in [9.17, 15) is 9.59 Å². The van der Waals surface area contributed by atoms with Crippen molar-refractivity contribution in [2.45, 2.75) is 12.8 Å². The highest BCUT2D eigenvalue weighted by Gasteiger charge is 2.29. The average Bonchev–Trinajstić information content (AvgIpc) is 3.30. The lowest BCUT2D eigenvalue weighted by molar-refractivity contribution is -0.121. The van der Waals surface area contributed by atoms with E-state index in [1.54, 1.807) is 7.05 Å². The molecule has 2 heterocycles. The Bertz CT molecular complexity index is 1330. The molecule has 1 aliphatic rings. The number of nitrogens with one attached hydrogen (secondary N) is 1. The highest BCUT2D eigenvalue weighted by Crippen LogP contribution is 2.35. The molecule has 5 heteroatoms. The van der Waals surface area contributed by atoms with Gasteiger partial charge in [-0.3, -0.25) is 14.6 Å². The average molecular weight is 424 g/mol. The van der Waals surface area contributed by atoms with Crippen LogP contribution in [0.2, 0.25) is 0 Å². The lowest BCUT2D eigenvalue weighted by Gasteiger charge is -2.18. The minimum Gasteiger partial charge on any atom is -0.359 e. The lowest BCUT2D eigenvalue weighted by Crippen LogP contribution is -2.30. The first-order chi connectivity index (χ1) is 15.7. The van der Waals surface area contributed by atoms with Crippen LogP contribution in [0.3, 0.4) is 0 Å². The number of benzene rings is 3. The number of amides is 2. The number of aromatic nitrogens is 1. The summed E-state index contributed by atoms with van der Waals surface area (Å²) in [5, 5.41) is 6.89. The molecule has 32 heavy (non-hydrogen) atoms. The van der Waals surface area contributed by atoms with E-state index in [1.807, 2.05) is 53.7 Å². The van der Waals surface area contributed by atoms with Gasteiger partial charge in [0.15, 0.2) is 0 Å². The maximum absolute atomic E-state index is 13.4. The van der Waals surface area contributed by atoms with Gasteiger partial charge in [0, 0.05) is 55.5 Å². The van der Waals surface area contributed by atoms with Gasteiger partial charge in [-0.05, 0) is 40.1 Å². The Morgan fingerprint density at radius 1 is 0.938 bits per heavy atom. The normalized spacial score (nSPS) is 15.9. The Morgan fingerprint density at radius 3 is 2.59 bits per heavy atom. The summed E-state index contributed by atoms with van der Waals surface area (Å²) in [6, 6.07) is 20.3. The van der Waals surface area contributed by atoms with E-state index in [0.29, 0.717) is 25.1 Å². The summed E-state index contributed by atoms with van der Waals surface area (Å²) in [5.41, 5.74) is 2.84. The molecule has 5 rings (SSSR count). The van der Waals surface area contributed by atoms with Gasteiger partial charge in [0.05, 0.1) is 0 Å². The molecule has 1 aliphatic heterocycles. The lowest BCUT2D eigenvalue weighted by atomic mass is 9.93. The predicted octanol–water partition coefficient (Wildman–Crippen LogP) is 4.65. The van der Waals surface area contributed by atoms with E-state index in [1.165, 1.54) is 0 Å². The van der Waals surface area contributed by atoms with Crippen LogP contribution in [0.25, 0.3) is 32.7 Å². The monoisotopic (exact) mass is 423 g/mol. The van der Waals surface area contributed by atoms with E-state index in [-0.39, 0.29) is 17.7 Å². The van der Waals surface area contributed by atoms with Crippen LogP contribution >= 0.6 is 0 Å². The molecule has 1 unspecified atom stereocenters. The van der Waals surface area contributed by atoms with E-state index < -0.39 is 0 Å². The fourth-order valence-electron chi connectivity index (χ4n) is 4.78. The highest BCUT2D eigenvalue weighted by atomic mass is 16.2. The van der Waals surface area contributed by atoms with Crippen molar-refractivity contribution in [3.63, 3.8) is 0 Å². The summed E-state index contributed by atoms with van der Waals surface area (Å²) in [6.45, 7) is 1.30. The van der Waals surface area contributed by atoms with Crippen LogP contribution in [0.15, 0.2) is 73.1 Å². The molecule has 3 aromatic carbocycles. The van der Waals surface area contributed by atoms with Crippen LogP contribution < -0.4 is 5.32 Å². The SMILES string of the molecule is CNC(=O)CC1CCN(C(=O)c2cccc3c(-c4cncc5ccccc45)cccc23)C1. The number of carbonyl (C=O) groups is 2. The third-order valence-electron chi connectivity index (χ3n) is 6.44. The van der Waals surface area contributed by atoms with Crippen molar-refractivity contribution in [1.82, 2.24) is 15.2 Å². The highest BCUT2D eigenvalue weighted by molar-refractivity contribution is 6.12. The number of likely N-dealkylation sites (tertiary alicyclic amines) is 1. The van der Waals surface area contributed by atoms with E-state index in [0.717, 1.165) is 39.1 Å². The summed E-state index contributed by atoms with van der Waals surface area (Å²) in [5.74, 6) is 0.275. The second-order valence-electron chi connectivity index (χ2n) is 8.40. The van der Waals surface area contributed by atoms with Gasteiger partial charge in [-0.15, -0.1) is 0 Å². The van der Waals surface area contributed by atoms with Crippen LogP contribution in [0.4, 0.5) is 0 Å². The third kappa shape index (κ3) is 3.60. The molecule has 4 aromatic rings. The smallest absolute Gasteiger partial charge is 0.254 e. The van der Waals surface area contributed by atoms with Gasteiger partial charge in [0.2, 0.25) is 5.91 Å². The third-order valence-corrected chi connectivity index (χ3v) is 6.44. The maximum Gasteiger partial charge on any atom is 0.254 e.